The standard InChI is InChI=1S/C26H20FNS/c1-16-6-5-7-17(2)21(16)14-18-12-13-28-23(15-18)19-10-11-22(27)25-20-8-3-4-9-24(20)29-26(19)25/h3-13,15H,14H2,1-2H3/i14D2. The minimum Gasteiger partial charge on any atom is -0.256 e. The number of halogens is 1. The molecule has 0 aliphatic carbocycles. The van der Waals surface area contributed by atoms with Crippen molar-refractivity contribution < 1.29 is 7.13 Å². The molecule has 2 heterocycles. The highest BCUT2D eigenvalue weighted by Gasteiger charge is 2.15. The van der Waals surface area contributed by atoms with Crippen molar-refractivity contribution in [2.45, 2.75) is 20.2 Å². The van der Waals surface area contributed by atoms with E-state index in [2.05, 4.69) is 4.98 Å². The summed E-state index contributed by atoms with van der Waals surface area (Å²) in [6.45, 7) is 3.87. The van der Waals surface area contributed by atoms with Crippen LogP contribution in [0.15, 0.2) is 72.9 Å². The first kappa shape index (κ1) is 15.8. The topological polar surface area (TPSA) is 12.9 Å². The predicted octanol–water partition coefficient (Wildman–Crippen LogP) is 7.46. The Labute approximate surface area is 176 Å². The number of nitrogens with zero attached hydrogens (tertiary/aromatic N) is 1. The van der Waals surface area contributed by atoms with Crippen LogP contribution in [-0.2, 0) is 6.37 Å². The molecule has 3 heteroatoms. The van der Waals surface area contributed by atoms with Crippen LogP contribution in [0.5, 0.6) is 0 Å². The fourth-order valence-electron chi connectivity index (χ4n) is 3.80. The van der Waals surface area contributed by atoms with E-state index >= 15 is 0 Å². The highest BCUT2D eigenvalue weighted by atomic mass is 32.1. The predicted molar refractivity (Wildman–Crippen MR) is 121 cm³/mol. The highest BCUT2D eigenvalue weighted by Crippen LogP contribution is 2.40. The monoisotopic (exact) mass is 399 g/mol. The lowest BCUT2D eigenvalue weighted by molar-refractivity contribution is 0.641. The summed E-state index contributed by atoms with van der Waals surface area (Å²) in [6, 6.07) is 20.3. The van der Waals surface area contributed by atoms with Gasteiger partial charge in [-0.25, -0.2) is 4.39 Å². The Morgan fingerprint density at radius 1 is 0.966 bits per heavy atom. The van der Waals surface area contributed by atoms with E-state index < -0.39 is 6.37 Å². The second kappa shape index (κ2) is 7.09. The Kier molecular flexibility index (Phi) is 3.87. The van der Waals surface area contributed by atoms with E-state index in [9.17, 15) is 4.39 Å². The lowest BCUT2D eigenvalue weighted by Gasteiger charge is -2.11. The fourth-order valence-corrected chi connectivity index (χ4v) is 5.04. The summed E-state index contributed by atoms with van der Waals surface area (Å²) in [7, 11) is 0. The number of aromatic nitrogens is 1. The minimum absolute atomic E-state index is 0.252. The summed E-state index contributed by atoms with van der Waals surface area (Å²) in [5.74, 6) is -0.252. The highest BCUT2D eigenvalue weighted by molar-refractivity contribution is 7.26. The molecule has 142 valence electrons. The molecule has 0 amide bonds. The molecular formula is C26H20FNS. The SMILES string of the molecule is [2H]C([2H])(c1ccnc(-c2ccc(F)c3c2sc2ccccc23)c1)c1c(C)cccc1C. The van der Waals surface area contributed by atoms with Gasteiger partial charge in [-0.1, -0.05) is 36.4 Å². The lowest BCUT2D eigenvalue weighted by atomic mass is 9.95. The third-order valence-electron chi connectivity index (χ3n) is 5.26. The zero-order chi connectivity index (χ0) is 21.8. The van der Waals surface area contributed by atoms with Crippen molar-refractivity contribution in [3.05, 3.63) is 101 Å². The maximum absolute atomic E-state index is 14.8. The van der Waals surface area contributed by atoms with Gasteiger partial charge in [0.15, 0.2) is 0 Å². The van der Waals surface area contributed by atoms with Crippen molar-refractivity contribution in [2.24, 2.45) is 0 Å². The van der Waals surface area contributed by atoms with E-state index in [4.69, 9.17) is 2.74 Å². The summed E-state index contributed by atoms with van der Waals surface area (Å²) in [6.07, 6.45) is -0.0367. The average molecular weight is 400 g/mol. The molecule has 0 spiro atoms. The zero-order valence-corrected chi connectivity index (χ0v) is 17.0. The maximum atomic E-state index is 14.8. The summed E-state index contributed by atoms with van der Waals surface area (Å²) in [5, 5.41) is 1.49. The van der Waals surface area contributed by atoms with Gasteiger partial charge in [0.1, 0.15) is 5.82 Å². The first-order valence-electron chi connectivity index (χ1n) is 10.5. The first-order chi connectivity index (χ1) is 14.9. The molecule has 0 bridgehead atoms. The van der Waals surface area contributed by atoms with Crippen LogP contribution in [0.25, 0.3) is 31.4 Å². The van der Waals surface area contributed by atoms with E-state index in [0.29, 0.717) is 22.2 Å². The fraction of sp³-hybridized carbons (Fsp3) is 0.115. The Bertz CT molecular complexity index is 1430. The van der Waals surface area contributed by atoms with Crippen LogP contribution in [0.2, 0.25) is 0 Å². The second-order valence-corrected chi connectivity index (χ2v) is 8.27. The molecule has 2 aromatic heterocycles. The molecule has 0 saturated carbocycles. The van der Waals surface area contributed by atoms with Crippen LogP contribution in [0.1, 0.15) is 25.0 Å². The van der Waals surface area contributed by atoms with Gasteiger partial charge in [-0.3, -0.25) is 4.98 Å². The van der Waals surface area contributed by atoms with Gasteiger partial charge in [-0.15, -0.1) is 11.3 Å². The molecule has 0 fully saturated rings. The molecule has 5 aromatic rings. The number of benzene rings is 3. The lowest BCUT2D eigenvalue weighted by Crippen LogP contribution is -1.96. The van der Waals surface area contributed by atoms with Crippen molar-refractivity contribution in [1.29, 1.82) is 0 Å². The van der Waals surface area contributed by atoms with Crippen LogP contribution >= 0.6 is 11.3 Å². The van der Waals surface area contributed by atoms with Gasteiger partial charge in [0.05, 0.1) is 5.69 Å². The third kappa shape index (κ3) is 3.12. The number of thiophene rings is 1. The smallest absolute Gasteiger partial charge is 0.132 e. The van der Waals surface area contributed by atoms with Crippen LogP contribution in [-0.4, -0.2) is 4.98 Å². The molecule has 3 aromatic carbocycles. The third-order valence-corrected chi connectivity index (χ3v) is 6.47. The number of aryl methyl sites for hydroxylation is 2. The number of rotatable bonds is 3. The Morgan fingerprint density at radius 3 is 2.59 bits per heavy atom. The number of pyridine rings is 1. The molecule has 0 aliphatic heterocycles. The van der Waals surface area contributed by atoms with Crippen molar-refractivity contribution in [2.75, 3.05) is 0 Å². The number of hydrogen-bond donors (Lipinski definition) is 0. The van der Waals surface area contributed by atoms with Gasteiger partial charge in [0.2, 0.25) is 0 Å². The summed E-state index contributed by atoms with van der Waals surface area (Å²) < 4.78 is 34.4. The maximum Gasteiger partial charge on any atom is 0.132 e. The van der Waals surface area contributed by atoms with Gasteiger partial charge >= 0.3 is 0 Å². The van der Waals surface area contributed by atoms with E-state index in [1.807, 2.05) is 56.3 Å². The summed E-state index contributed by atoms with van der Waals surface area (Å²) in [5.41, 5.74) is 4.50. The second-order valence-electron chi connectivity index (χ2n) is 7.22. The van der Waals surface area contributed by atoms with Crippen LogP contribution in [0.3, 0.4) is 0 Å². The van der Waals surface area contributed by atoms with Crippen molar-refractivity contribution in [3.8, 4) is 11.3 Å². The minimum atomic E-state index is -1.67. The summed E-state index contributed by atoms with van der Waals surface area (Å²) in [4.78, 5) is 4.53. The van der Waals surface area contributed by atoms with E-state index in [1.165, 1.54) is 17.4 Å². The normalized spacial score (nSPS) is 12.9. The molecule has 0 saturated heterocycles. The van der Waals surface area contributed by atoms with Crippen LogP contribution in [0.4, 0.5) is 4.39 Å². The number of fused-ring (bicyclic) bond motifs is 3. The molecule has 0 unspecified atom stereocenters. The van der Waals surface area contributed by atoms with Crippen molar-refractivity contribution >= 4 is 31.5 Å². The quantitative estimate of drug-likeness (QED) is 0.307. The molecule has 0 aliphatic rings. The number of hydrogen-bond acceptors (Lipinski definition) is 2. The van der Waals surface area contributed by atoms with Crippen molar-refractivity contribution in [1.82, 2.24) is 4.98 Å². The Hall–Kier alpha value is -3.04. The Morgan fingerprint density at radius 2 is 1.76 bits per heavy atom. The average Bonchev–Trinajstić information content (AvgIpc) is 3.14. The van der Waals surface area contributed by atoms with E-state index in [1.54, 1.807) is 24.4 Å². The van der Waals surface area contributed by atoms with Gasteiger partial charge in [-0.05, 0) is 72.8 Å². The molecular weight excluding hydrogens is 377 g/mol. The van der Waals surface area contributed by atoms with Gasteiger partial charge in [0, 0.05) is 34.7 Å². The van der Waals surface area contributed by atoms with Crippen molar-refractivity contribution in [3.63, 3.8) is 0 Å². The molecule has 0 atom stereocenters. The first-order valence-corrected chi connectivity index (χ1v) is 10.3. The molecule has 0 radical (unpaired) electrons. The van der Waals surface area contributed by atoms with E-state index in [0.717, 1.165) is 31.5 Å². The van der Waals surface area contributed by atoms with Gasteiger partial charge in [0.25, 0.3) is 0 Å². The zero-order valence-electron chi connectivity index (χ0n) is 18.2. The largest absolute Gasteiger partial charge is 0.256 e. The molecule has 0 N–H and O–H groups in total. The van der Waals surface area contributed by atoms with Gasteiger partial charge in [-0.2, -0.15) is 0 Å². The molecule has 29 heavy (non-hydrogen) atoms. The Balaban J connectivity index is 1.72. The molecule has 1 nitrogen and oxygen atoms in total. The van der Waals surface area contributed by atoms with Crippen LogP contribution < -0.4 is 0 Å². The van der Waals surface area contributed by atoms with Gasteiger partial charge < -0.3 is 0 Å². The summed E-state index contributed by atoms with van der Waals surface area (Å²) >= 11 is 1.54. The molecule has 5 rings (SSSR count). The van der Waals surface area contributed by atoms with E-state index in [-0.39, 0.29) is 5.82 Å². The van der Waals surface area contributed by atoms with Crippen LogP contribution in [0, 0.1) is 19.7 Å².